The fourth-order valence-corrected chi connectivity index (χ4v) is 2.02. The van der Waals surface area contributed by atoms with Crippen LogP contribution in [0.25, 0.3) is 0 Å². The lowest BCUT2D eigenvalue weighted by atomic mass is 9.96. The van der Waals surface area contributed by atoms with E-state index in [1.54, 1.807) is 0 Å². The average Bonchev–Trinajstić information content (AvgIpc) is 2.31. The third-order valence-corrected chi connectivity index (χ3v) is 3.08. The lowest BCUT2D eigenvalue weighted by Crippen LogP contribution is -2.33. The molecule has 0 unspecified atom stereocenters. The Morgan fingerprint density at radius 3 is 2.56 bits per heavy atom. The van der Waals surface area contributed by atoms with Gasteiger partial charge in [-0.25, -0.2) is 0 Å². The van der Waals surface area contributed by atoms with E-state index in [0.29, 0.717) is 12.0 Å². The first-order valence-electron chi connectivity index (χ1n) is 6.16. The Labute approximate surface area is 99.6 Å². The summed E-state index contributed by atoms with van der Waals surface area (Å²) >= 11 is 0. The van der Waals surface area contributed by atoms with E-state index in [1.165, 1.54) is 12.0 Å². The monoisotopic (exact) mass is 217 g/mol. The van der Waals surface area contributed by atoms with Crippen molar-refractivity contribution >= 4 is 0 Å². The molecule has 1 rings (SSSR count). The highest BCUT2D eigenvalue weighted by Gasteiger charge is 2.12. The van der Waals surface area contributed by atoms with Gasteiger partial charge in [-0.1, -0.05) is 50.3 Å². The number of hydrogen-bond donors (Lipinski definition) is 1. The molecule has 0 fully saturated rings. The van der Waals surface area contributed by atoms with Crippen molar-refractivity contribution in [3.8, 4) is 0 Å². The average molecular weight is 217 g/mol. The molecule has 0 spiro atoms. The third kappa shape index (κ3) is 4.19. The van der Waals surface area contributed by atoms with Crippen LogP contribution in [0.4, 0.5) is 0 Å². The van der Waals surface area contributed by atoms with Gasteiger partial charge in [-0.05, 0) is 24.3 Å². The summed E-state index contributed by atoms with van der Waals surface area (Å²) in [6.45, 7) is 9.29. The van der Waals surface area contributed by atoms with Crippen molar-refractivity contribution in [3.05, 3.63) is 48.6 Å². The van der Waals surface area contributed by atoms with Crippen molar-refractivity contribution in [2.45, 2.75) is 39.3 Å². The maximum absolute atomic E-state index is 3.81. The van der Waals surface area contributed by atoms with E-state index in [2.05, 4.69) is 56.1 Å². The second kappa shape index (κ2) is 7.24. The summed E-state index contributed by atoms with van der Waals surface area (Å²) in [5.74, 6) is 0.659. The zero-order valence-electron chi connectivity index (χ0n) is 10.4. The molecule has 0 heterocycles. The molecule has 0 saturated carbocycles. The fourth-order valence-electron chi connectivity index (χ4n) is 2.02. The molecule has 0 amide bonds. The van der Waals surface area contributed by atoms with E-state index in [4.69, 9.17) is 0 Å². The van der Waals surface area contributed by atoms with Gasteiger partial charge in [0.1, 0.15) is 0 Å². The Bertz CT molecular complexity index is 292. The highest BCUT2D eigenvalue weighted by Crippen LogP contribution is 2.12. The van der Waals surface area contributed by atoms with Gasteiger partial charge in [0.15, 0.2) is 0 Å². The van der Waals surface area contributed by atoms with Crippen LogP contribution in [-0.4, -0.2) is 6.04 Å². The molecule has 1 nitrogen and oxygen atoms in total. The summed E-state index contributed by atoms with van der Waals surface area (Å²) < 4.78 is 0. The molecule has 0 aliphatic carbocycles. The second-order valence-corrected chi connectivity index (χ2v) is 4.38. The van der Waals surface area contributed by atoms with Crippen molar-refractivity contribution in [2.75, 3.05) is 0 Å². The van der Waals surface area contributed by atoms with E-state index in [1.807, 2.05) is 6.08 Å². The molecule has 1 N–H and O–H groups in total. The molecule has 88 valence electrons. The zero-order chi connectivity index (χ0) is 11.8. The molecule has 1 aromatic carbocycles. The predicted octanol–water partition coefficient (Wildman–Crippen LogP) is 3.77. The number of allylic oxidation sites excluding steroid dienone is 1. The normalized spacial score (nSPS) is 14.4. The van der Waals surface area contributed by atoms with Crippen LogP contribution in [0.5, 0.6) is 0 Å². The molecule has 0 aliphatic rings. The maximum atomic E-state index is 3.81. The Kier molecular flexibility index (Phi) is 5.87. The zero-order valence-corrected chi connectivity index (χ0v) is 10.4. The summed E-state index contributed by atoms with van der Waals surface area (Å²) in [5, 5.41) is 3.62. The van der Waals surface area contributed by atoms with Crippen LogP contribution < -0.4 is 5.32 Å². The minimum absolute atomic E-state index is 0.582. The lowest BCUT2D eigenvalue weighted by Gasteiger charge is -2.23. The molecule has 0 radical (unpaired) electrons. The standard InChI is InChI=1S/C15H23N/c1-4-9-13(3)15(5-2)16-12-14-10-7-6-8-11-14/h4,6-8,10-11,13,15-16H,1,5,9,12H2,2-3H3/t13-,15-/m0/s1. The summed E-state index contributed by atoms with van der Waals surface area (Å²) in [4.78, 5) is 0. The van der Waals surface area contributed by atoms with Crippen LogP contribution in [0.15, 0.2) is 43.0 Å². The van der Waals surface area contributed by atoms with Crippen molar-refractivity contribution in [1.82, 2.24) is 5.32 Å². The molecule has 0 aliphatic heterocycles. The molecular formula is C15H23N. The Hall–Kier alpha value is -1.08. The van der Waals surface area contributed by atoms with Crippen molar-refractivity contribution in [1.29, 1.82) is 0 Å². The topological polar surface area (TPSA) is 12.0 Å². The lowest BCUT2D eigenvalue weighted by molar-refractivity contribution is 0.367. The van der Waals surface area contributed by atoms with Gasteiger partial charge >= 0.3 is 0 Å². The molecule has 0 saturated heterocycles. The number of nitrogens with one attached hydrogen (secondary N) is 1. The highest BCUT2D eigenvalue weighted by atomic mass is 14.9. The minimum Gasteiger partial charge on any atom is -0.310 e. The SMILES string of the molecule is C=CC[C@H](C)[C@H](CC)NCc1ccccc1. The molecule has 0 bridgehead atoms. The Morgan fingerprint density at radius 2 is 2.00 bits per heavy atom. The van der Waals surface area contributed by atoms with Crippen LogP contribution in [-0.2, 0) is 6.54 Å². The van der Waals surface area contributed by atoms with Gasteiger partial charge in [-0.3, -0.25) is 0 Å². The molecule has 16 heavy (non-hydrogen) atoms. The number of hydrogen-bond acceptors (Lipinski definition) is 1. The van der Waals surface area contributed by atoms with Gasteiger partial charge in [-0.2, -0.15) is 0 Å². The van der Waals surface area contributed by atoms with Crippen LogP contribution in [0.1, 0.15) is 32.3 Å². The van der Waals surface area contributed by atoms with Crippen LogP contribution in [0.2, 0.25) is 0 Å². The molecule has 1 aromatic rings. The summed E-state index contributed by atoms with van der Waals surface area (Å²) in [5.41, 5.74) is 1.35. The maximum Gasteiger partial charge on any atom is 0.0208 e. The van der Waals surface area contributed by atoms with Gasteiger partial charge < -0.3 is 5.32 Å². The minimum atomic E-state index is 0.582. The van der Waals surface area contributed by atoms with E-state index in [-0.39, 0.29) is 0 Å². The first-order chi connectivity index (χ1) is 7.77. The predicted molar refractivity (Wildman–Crippen MR) is 71.3 cm³/mol. The van der Waals surface area contributed by atoms with Crippen LogP contribution in [0.3, 0.4) is 0 Å². The molecule has 1 heteroatoms. The highest BCUT2D eigenvalue weighted by molar-refractivity contribution is 5.14. The van der Waals surface area contributed by atoms with Crippen LogP contribution >= 0.6 is 0 Å². The van der Waals surface area contributed by atoms with Gasteiger partial charge in [-0.15, -0.1) is 6.58 Å². The fraction of sp³-hybridized carbons (Fsp3) is 0.467. The molecule has 2 atom stereocenters. The van der Waals surface area contributed by atoms with E-state index in [9.17, 15) is 0 Å². The molecule has 0 aromatic heterocycles. The van der Waals surface area contributed by atoms with Crippen molar-refractivity contribution in [3.63, 3.8) is 0 Å². The quantitative estimate of drug-likeness (QED) is 0.686. The van der Waals surface area contributed by atoms with Gasteiger partial charge in [0.25, 0.3) is 0 Å². The van der Waals surface area contributed by atoms with Gasteiger partial charge in [0.05, 0.1) is 0 Å². The molecular weight excluding hydrogens is 194 g/mol. The summed E-state index contributed by atoms with van der Waals surface area (Å²) in [6, 6.07) is 11.1. The Balaban J connectivity index is 2.42. The second-order valence-electron chi connectivity index (χ2n) is 4.38. The van der Waals surface area contributed by atoms with E-state index >= 15 is 0 Å². The van der Waals surface area contributed by atoms with E-state index in [0.717, 1.165) is 13.0 Å². The number of rotatable bonds is 7. The van der Waals surface area contributed by atoms with Crippen molar-refractivity contribution in [2.24, 2.45) is 5.92 Å². The first kappa shape index (κ1) is 13.0. The van der Waals surface area contributed by atoms with Gasteiger partial charge in [0.2, 0.25) is 0 Å². The van der Waals surface area contributed by atoms with Crippen molar-refractivity contribution < 1.29 is 0 Å². The largest absolute Gasteiger partial charge is 0.310 e. The van der Waals surface area contributed by atoms with Gasteiger partial charge in [0, 0.05) is 12.6 Å². The Morgan fingerprint density at radius 1 is 1.31 bits per heavy atom. The first-order valence-corrected chi connectivity index (χ1v) is 6.16. The third-order valence-electron chi connectivity index (χ3n) is 3.08. The summed E-state index contributed by atoms with van der Waals surface area (Å²) in [7, 11) is 0. The summed E-state index contributed by atoms with van der Waals surface area (Å²) in [6.07, 6.45) is 4.26. The van der Waals surface area contributed by atoms with Crippen LogP contribution in [0, 0.1) is 5.92 Å². The number of benzene rings is 1. The van der Waals surface area contributed by atoms with E-state index < -0.39 is 0 Å². The smallest absolute Gasteiger partial charge is 0.0208 e.